The SMILES string of the molecule is CC(C)(OC(=O)C1=CC2CCC1C2)C1CCC(O)CC1. The molecule has 0 amide bonds. The fourth-order valence-electron chi connectivity index (χ4n) is 4.23. The van der Waals surface area contributed by atoms with Gasteiger partial charge in [-0.25, -0.2) is 4.79 Å². The summed E-state index contributed by atoms with van der Waals surface area (Å²) in [6, 6.07) is 0. The second-order valence-electron chi connectivity index (χ2n) is 7.39. The molecule has 2 fully saturated rings. The Balaban J connectivity index is 1.61. The highest BCUT2D eigenvalue weighted by Crippen LogP contribution is 2.45. The van der Waals surface area contributed by atoms with Crippen LogP contribution in [0.5, 0.6) is 0 Å². The van der Waals surface area contributed by atoms with Gasteiger partial charge < -0.3 is 9.84 Å². The molecule has 20 heavy (non-hydrogen) atoms. The van der Waals surface area contributed by atoms with E-state index in [1.807, 2.05) is 13.8 Å². The molecule has 2 saturated carbocycles. The maximum Gasteiger partial charge on any atom is 0.334 e. The third kappa shape index (κ3) is 2.65. The molecule has 3 rings (SSSR count). The number of ether oxygens (including phenoxy) is 1. The summed E-state index contributed by atoms with van der Waals surface area (Å²) >= 11 is 0. The molecule has 112 valence electrons. The van der Waals surface area contributed by atoms with Crippen LogP contribution in [0.4, 0.5) is 0 Å². The number of rotatable bonds is 3. The molecule has 2 unspecified atom stereocenters. The summed E-state index contributed by atoms with van der Waals surface area (Å²) < 4.78 is 5.86. The van der Waals surface area contributed by atoms with E-state index < -0.39 is 5.60 Å². The van der Waals surface area contributed by atoms with Crippen molar-refractivity contribution in [3.63, 3.8) is 0 Å². The van der Waals surface area contributed by atoms with Crippen molar-refractivity contribution >= 4 is 5.97 Å². The maximum absolute atomic E-state index is 12.4. The van der Waals surface area contributed by atoms with Crippen LogP contribution in [0.15, 0.2) is 11.6 Å². The van der Waals surface area contributed by atoms with Gasteiger partial charge in [0, 0.05) is 5.57 Å². The van der Waals surface area contributed by atoms with Crippen molar-refractivity contribution in [2.24, 2.45) is 17.8 Å². The van der Waals surface area contributed by atoms with E-state index in [0.717, 1.165) is 44.1 Å². The molecule has 0 spiro atoms. The van der Waals surface area contributed by atoms with Crippen LogP contribution in [0.1, 0.15) is 58.8 Å². The van der Waals surface area contributed by atoms with Crippen molar-refractivity contribution in [1.29, 1.82) is 0 Å². The standard InChI is InChI=1S/C17H26O3/c1-17(2,13-5-7-14(18)8-6-13)20-16(19)15-10-11-3-4-12(15)9-11/h10-14,18H,3-9H2,1-2H3. The van der Waals surface area contributed by atoms with E-state index in [2.05, 4.69) is 6.08 Å². The lowest BCUT2D eigenvalue weighted by molar-refractivity contribution is -0.159. The molecule has 0 aliphatic heterocycles. The van der Waals surface area contributed by atoms with Crippen LogP contribution in [0, 0.1) is 17.8 Å². The number of hydrogen-bond donors (Lipinski definition) is 1. The fraction of sp³-hybridized carbons (Fsp3) is 0.824. The topological polar surface area (TPSA) is 46.5 Å². The number of carbonyl (C=O) groups is 1. The highest BCUT2D eigenvalue weighted by molar-refractivity contribution is 5.90. The lowest BCUT2D eigenvalue weighted by Gasteiger charge is -2.38. The minimum absolute atomic E-state index is 0.0895. The number of fused-ring (bicyclic) bond motifs is 2. The molecular weight excluding hydrogens is 252 g/mol. The minimum atomic E-state index is -0.417. The quantitative estimate of drug-likeness (QED) is 0.806. The second kappa shape index (κ2) is 5.18. The van der Waals surface area contributed by atoms with Gasteiger partial charge >= 0.3 is 5.97 Å². The normalized spacial score (nSPS) is 36.9. The number of aliphatic hydroxyl groups excluding tert-OH is 1. The first-order valence-electron chi connectivity index (χ1n) is 8.09. The van der Waals surface area contributed by atoms with E-state index in [1.54, 1.807) is 0 Å². The molecule has 0 aromatic carbocycles. The molecular formula is C17H26O3. The van der Waals surface area contributed by atoms with E-state index >= 15 is 0 Å². The van der Waals surface area contributed by atoms with Gasteiger partial charge in [0.25, 0.3) is 0 Å². The molecule has 0 heterocycles. The maximum atomic E-state index is 12.4. The van der Waals surface area contributed by atoms with Crippen molar-refractivity contribution < 1.29 is 14.6 Å². The Morgan fingerprint density at radius 3 is 2.45 bits per heavy atom. The van der Waals surface area contributed by atoms with Crippen LogP contribution < -0.4 is 0 Å². The number of carbonyl (C=O) groups excluding carboxylic acids is 1. The molecule has 2 atom stereocenters. The first-order chi connectivity index (χ1) is 9.45. The average Bonchev–Trinajstić information content (AvgIpc) is 3.01. The highest BCUT2D eigenvalue weighted by Gasteiger charge is 2.41. The van der Waals surface area contributed by atoms with Gasteiger partial charge in [0.2, 0.25) is 0 Å². The Kier molecular flexibility index (Phi) is 3.65. The molecule has 0 aromatic rings. The summed E-state index contributed by atoms with van der Waals surface area (Å²) in [6.45, 7) is 4.06. The van der Waals surface area contributed by atoms with E-state index in [-0.39, 0.29) is 12.1 Å². The van der Waals surface area contributed by atoms with Gasteiger partial charge in [-0.05, 0) is 76.5 Å². The number of aliphatic hydroxyl groups is 1. The Hall–Kier alpha value is -0.830. The van der Waals surface area contributed by atoms with Crippen molar-refractivity contribution in [2.75, 3.05) is 0 Å². The minimum Gasteiger partial charge on any atom is -0.456 e. The zero-order valence-corrected chi connectivity index (χ0v) is 12.6. The predicted octanol–water partition coefficient (Wildman–Crippen LogP) is 3.22. The van der Waals surface area contributed by atoms with E-state index in [9.17, 15) is 9.90 Å². The summed E-state index contributed by atoms with van der Waals surface area (Å²) in [5, 5.41) is 9.60. The Morgan fingerprint density at radius 1 is 1.20 bits per heavy atom. The Labute approximate surface area is 121 Å². The summed E-state index contributed by atoms with van der Waals surface area (Å²) in [7, 11) is 0. The van der Waals surface area contributed by atoms with Gasteiger partial charge in [-0.1, -0.05) is 6.08 Å². The fourth-order valence-corrected chi connectivity index (χ4v) is 4.23. The number of hydrogen-bond acceptors (Lipinski definition) is 3. The molecule has 3 aliphatic carbocycles. The van der Waals surface area contributed by atoms with Crippen molar-refractivity contribution in [1.82, 2.24) is 0 Å². The lowest BCUT2D eigenvalue weighted by Crippen LogP contribution is -2.40. The van der Waals surface area contributed by atoms with Gasteiger partial charge in [-0.15, -0.1) is 0 Å². The third-order valence-electron chi connectivity index (χ3n) is 5.60. The van der Waals surface area contributed by atoms with Crippen LogP contribution in [-0.2, 0) is 9.53 Å². The Bertz CT molecular complexity index is 416. The highest BCUT2D eigenvalue weighted by atomic mass is 16.6. The van der Waals surface area contributed by atoms with E-state index in [0.29, 0.717) is 17.8 Å². The lowest BCUT2D eigenvalue weighted by atomic mass is 9.77. The van der Waals surface area contributed by atoms with Gasteiger partial charge in [0.05, 0.1) is 6.10 Å². The van der Waals surface area contributed by atoms with Gasteiger partial charge in [0.1, 0.15) is 5.60 Å². The molecule has 0 saturated heterocycles. The first-order valence-corrected chi connectivity index (χ1v) is 8.09. The van der Waals surface area contributed by atoms with Crippen LogP contribution in [0.25, 0.3) is 0 Å². The van der Waals surface area contributed by atoms with E-state index in [1.165, 1.54) is 6.42 Å². The predicted molar refractivity (Wildman–Crippen MR) is 77.0 cm³/mol. The molecule has 1 N–H and O–H groups in total. The second-order valence-corrected chi connectivity index (χ2v) is 7.39. The third-order valence-corrected chi connectivity index (χ3v) is 5.60. The first kappa shape index (κ1) is 14.1. The van der Waals surface area contributed by atoms with Crippen LogP contribution in [0.3, 0.4) is 0 Å². The Morgan fingerprint density at radius 2 is 1.90 bits per heavy atom. The summed E-state index contributed by atoms with van der Waals surface area (Å²) in [5.74, 6) is 1.36. The van der Waals surface area contributed by atoms with Gasteiger partial charge in [-0.3, -0.25) is 0 Å². The van der Waals surface area contributed by atoms with Crippen LogP contribution in [-0.4, -0.2) is 22.8 Å². The molecule has 3 heteroatoms. The molecule has 3 aliphatic rings. The summed E-state index contributed by atoms with van der Waals surface area (Å²) in [4.78, 5) is 12.4. The van der Waals surface area contributed by atoms with Gasteiger partial charge in [0.15, 0.2) is 0 Å². The van der Waals surface area contributed by atoms with Gasteiger partial charge in [-0.2, -0.15) is 0 Å². The zero-order valence-electron chi connectivity index (χ0n) is 12.6. The molecule has 3 nitrogen and oxygen atoms in total. The monoisotopic (exact) mass is 278 g/mol. The van der Waals surface area contributed by atoms with Crippen molar-refractivity contribution in [3.05, 3.63) is 11.6 Å². The summed E-state index contributed by atoms with van der Waals surface area (Å²) in [5.41, 5.74) is 0.519. The molecule has 2 bridgehead atoms. The number of esters is 1. The van der Waals surface area contributed by atoms with Crippen LogP contribution in [0.2, 0.25) is 0 Å². The zero-order chi connectivity index (χ0) is 14.3. The number of allylic oxidation sites excluding steroid dienone is 1. The van der Waals surface area contributed by atoms with Crippen molar-refractivity contribution in [2.45, 2.75) is 70.5 Å². The molecule has 0 aromatic heterocycles. The van der Waals surface area contributed by atoms with Crippen molar-refractivity contribution in [3.8, 4) is 0 Å². The average molecular weight is 278 g/mol. The molecule has 0 radical (unpaired) electrons. The largest absolute Gasteiger partial charge is 0.456 e. The van der Waals surface area contributed by atoms with Crippen LogP contribution >= 0.6 is 0 Å². The smallest absolute Gasteiger partial charge is 0.334 e. The summed E-state index contributed by atoms with van der Waals surface area (Å²) in [6.07, 6.45) is 9.10. The van der Waals surface area contributed by atoms with E-state index in [4.69, 9.17) is 4.74 Å².